The summed E-state index contributed by atoms with van der Waals surface area (Å²) < 4.78 is 26.9. The minimum Gasteiger partial charge on any atom is -0.350 e. The Bertz CT molecular complexity index is 998. The Balaban J connectivity index is 1.77. The fourth-order valence-electron chi connectivity index (χ4n) is 3.01. The molecule has 0 aliphatic carbocycles. The van der Waals surface area contributed by atoms with Crippen molar-refractivity contribution in [3.8, 4) is 23.0 Å². The molecular weight excluding hydrogens is 384 g/mol. The molecule has 0 fully saturated rings. The van der Waals surface area contributed by atoms with E-state index in [1.54, 1.807) is 0 Å². The van der Waals surface area contributed by atoms with E-state index in [0.29, 0.717) is 0 Å². The van der Waals surface area contributed by atoms with Gasteiger partial charge in [0.2, 0.25) is 0 Å². The first-order valence-electron chi connectivity index (χ1n) is 9.70. The van der Waals surface area contributed by atoms with E-state index in [-0.39, 0.29) is 12.0 Å². The summed E-state index contributed by atoms with van der Waals surface area (Å²) in [4.78, 5) is 12.5. The van der Waals surface area contributed by atoms with Gasteiger partial charge < -0.3 is 10.7 Å². The average Bonchev–Trinajstić information content (AvgIpc) is 3.22. The number of hydrogen-bond donors (Lipinski definition) is 3. The van der Waals surface area contributed by atoms with Crippen molar-refractivity contribution < 1.29 is 13.6 Å². The number of nitrogens with one attached hydrogen (secondary N) is 3. The van der Waals surface area contributed by atoms with Crippen molar-refractivity contribution in [1.29, 1.82) is 0 Å². The van der Waals surface area contributed by atoms with Crippen LogP contribution in [-0.2, 0) is 11.3 Å². The SMILES string of the molecule is CC(C)(C)C#Cc1ccc(-c2ccccc2CNC(=O)C2(C(F)F)C=CNN2)cc1. The highest BCUT2D eigenvalue weighted by Crippen LogP contribution is 2.25. The molecule has 6 heteroatoms. The lowest BCUT2D eigenvalue weighted by Gasteiger charge is -2.25. The molecule has 3 N–H and O–H groups in total. The van der Waals surface area contributed by atoms with E-state index in [1.165, 1.54) is 6.20 Å². The van der Waals surface area contributed by atoms with Gasteiger partial charge in [-0.25, -0.2) is 14.2 Å². The predicted octanol–water partition coefficient (Wildman–Crippen LogP) is 3.99. The molecule has 1 aliphatic rings. The van der Waals surface area contributed by atoms with Crippen molar-refractivity contribution in [3.63, 3.8) is 0 Å². The van der Waals surface area contributed by atoms with Crippen LogP contribution in [0.25, 0.3) is 11.1 Å². The second-order valence-corrected chi connectivity index (χ2v) is 8.19. The Kier molecular flexibility index (Phi) is 6.23. The first-order valence-corrected chi connectivity index (χ1v) is 9.70. The Labute approximate surface area is 175 Å². The third-order valence-corrected chi connectivity index (χ3v) is 4.66. The van der Waals surface area contributed by atoms with Gasteiger partial charge in [0.25, 0.3) is 12.3 Å². The van der Waals surface area contributed by atoms with Crippen LogP contribution in [0.2, 0.25) is 0 Å². The standard InChI is InChI=1S/C24H25F2N3O/c1-23(2,3)13-12-17-8-10-18(11-9-17)20-7-5-4-6-19(20)16-27-22(30)24(21(25)26)14-15-28-29-24/h4-11,14-15,21,28-29H,16H2,1-3H3,(H,27,30). The molecule has 0 saturated carbocycles. The summed E-state index contributed by atoms with van der Waals surface area (Å²) in [5.74, 6) is 5.58. The topological polar surface area (TPSA) is 53.2 Å². The third-order valence-electron chi connectivity index (χ3n) is 4.66. The number of carbonyl (C=O) groups is 1. The molecule has 30 heavy (non-hydrogen) atoms. The molecule has 2 aromatic carbocycles. The fourth-order valence-corrected chi connectivity index (χ4v) is 3.01. The number of carbonyl (C=O) groups excluding carboxylic acids is 1. The molecule has 156 valence electrons. The molecule has 1 heterocycles. The normalized spacial score (nSPS) is 17.9. The zero-order valence-corrected chi connectivity index (χ0v) is 17.2. The highest BCUT2D eigenvalue weighted by atomic mass is 19.3. The highest BCUT2D eigenvalue weighted by Gasteiger charge is 2.47. The summed E-state index contributed by atoms with van der Waals surface area (Å²) in [5, 5.41) is 2.63. The van der Waals surface area contributed by atoms with E-state index in [9.17, 15) is 13.6 Å². The fraction of sp³-hybridized carbons (Fsp3) is 0.292. The summed E-state index contributed by atoms with van der Waals surface area (Å²) in [7, 11) is 0. The zero-order chi connectivity index (χ0) is 21.8. The number of hydrazine groups is 1. The van der Waals surface area contributed by atoms with Crippen LogP contribution in [-0.4, -0.2) is 17.9 Å². The maximum atomic E-state index is 13.5. The van der Waals surface area contributed by atoms with E-state index in [2.05, 4.69) is 48.8 Å². The molecular formula is C24H25F2N3O. The minimum absolute atomic E-state index is 0.0715. The number of amides is 1. The molecule has 1 unspecified atom stereocenters. The Morgan fingerprint density at radius 2 is 1.83 bits per heavy atom. The quantitative estimate of drug-likeness (QED) is 0.655. The molecule has 1 aliphatic heterocycles. The van der Waals surface area contributed by atoms with Crippen molar-refractivity contribution in [1.82, 2.24) is 16.2 Å². The van der Waals surface area contributed by atoms with Crippen LogP contribution < -0.4 is 16.2 Å². The Morgan fingerprint density at radius 1 is 1.13 bits per heavy atom. The van der Waals surface area contributed by atoms with Gasteiger partial charge in [0, 0.05) is 23.7 Å². The average molecular weight is 409 g/mol. The van der Waals surface area contributed by atoms with Gasteiger partial charge in [0.05, 0.1) is 0 Å². The lowest BCUT2D eigenvalue weighted by molar-refractivity contribution is -0.131. The largest absolute Gasteiger partial charge is 0.350 e. The molecule has 4 nitrogen and oxygen atoms in total. The van der Waals surface area contributed by atoms with Crippen LogP contribution in [0.5, 0.6) is 0 Å². The number of halogens is 2. The van der Waals surface area contributed by atoms with E-state index >= 15 is 0 Å². The maximum Gasteiger partial charge on any atom is 0.270 e. The van der Waals surface area contributed by atoms with E-state index < -0.39 is 17.9 Å². The molecule has 0 radical (unpaired) electrons. The van der Waals surface area contributed by atoms with E-state index in [1.807, 2.05) is 48.5 Å². The second kappa shape index (κ2) is 8.68. The van der Waals surface area contributed by atoms with Gasteiger partial charge in [-0.15, -0.1) is 0 Å². The monoisotopic (exact) mass is 409 g/mol. The number of rotatable bonds is 5. The molecule has 0 saturated heterocycles. The van der Waals surface area contributed by atoms with Gasteiger partial charge in [-0.05, 0) is 55.7 Å². The van der Waals surface area contributed by atoms with Gasteiger partial charge in [-0.2, -0.15) is 0 Å². The number of alkyl halides is 2. The zero-order valence-electron chi connectivity index (χ0n) is 17.2. The van der Waals surface area contributed by atoms with Crippen LogP contribution in [0.4, 0.5) is 8.78 Å². The van der Waals surface area contributed by atoms with Crippen molar-refractivity contribution >= 4 is 5.91 Å². The third kappa shape index (κ3) is 4.87. The van der Waals surface area contributed by atoms with Gasteiger partial charge >= 0.3 is 0 Å². The summed E-state index contributed by atoms with van der Waals surface area (Å²) in [5.41, 5.74) is 6.30. The molecule has 1 amide bonds. The van der Waals surface area contributed by atoms with Crippen LogP contribution in [0.15, 0.2) is 60.8 Å². The number of benzene rings is 2. The molecule has 0 spiro atoms. The van der Waals surface area contributed by atoms with Gasteiger partial charge in [-0.3, -0.25) is 4.79 Å². The van der Waals surface area contributed by atoms with E-state index in [0.717, 1.165) is 28.3 Å². The lowest BCUT2D eigenvalue weighted by atomic mass is 9.96. The smallest absolute Gasteiger partial charge is 0.270 e. The molecule has 0 bridgehead atoms. The highest BCUT2D eigenvalue weighted by molar-refractivity contribution is 5.89. The minimum atomic E-state index is -2.89. The van der Waals surface area contributed by atoms with Gasteiger partial charge in [0.1, 0.15) is 0 Å². The molecule has 1 atom stereocenters. The molecule has 2 aromatic rings. The van der Waals surface area contributed by atoms with Crippen molar-refractivity contribution in [2.75, 3.05) is 0 Å². The van der Waals surface area contributed by atoms with Crippen LogP contribution in [0.3, 0.4) is 0 Å². The predicted molar refractivity (Wildman–Crippen MR) is 114 cm³/mol. The van der Waals surface area contributed by atoms with Gasteiger partial charge in [0.15, 0.2) is 5.54 Å². The van der Waals surface area contributed by atoms with Gasteiger partial charge in [-0.1, -0.05) is 48.2 Å². The first kappa shape index (κ1) is 21.5. The summed E-state index contributed by atoms with van der Waals surface area (Å²) in [6, 6.07) is 15.4. The summed E-state index contributed by atoms with van der Waals surface area (Å²) in [6.45, 7) is 6.31. The van der Waals surface area contributed by atoms with Crippen molar-refractivity contribution in [2.24, 2.45) is 5.41 Å². The molecule has 0 aromatic heterocycles. The van der Waals surface area contributed by atoms with Crippen LogP contribution in [0, 0.1) is 17.3 Å². The summed E-state index contributed by atoms with van der Waals surface area (Å²) >= 11 is 0. The Morgan fingerprint density at radius 3 is 2.43 bits per heavy atom. The van der Waals surface area contributed by atoms with Crippen molar-refractivity contribution in [2.45, 2.75) is 39.3 Å². The van der Waals surface area contributed by atoms with Crippen LogP contribution in [0.1, 0.15) is 31.9 Å². The van der Waals surface area contributed by atoms with Crippen molar-refractivity contribution in [3.05, 3.63) is 71.9 Å². The second-order valence-electron chi connectivity index (χ2n) is 8.19. The summed E-state index contributed by atoms with van der Waals surface area (Å²) in [6.07, 6.45) is -0.458. The van der Waals surface area contributed by atoms with E-state index in [4.69, 9.17) is 0 Å². The Hall–Kier alpha value is -3.17. The first-order chi connectivity index (χ1) is 14.2. The molecule has 3 rings (SSSR count). The van der Waals surface area contributed by atoms with Crippen LogP contribution >= 0.6 is 0 Å². The lowest BCUT2D eigenvalue weighted by Crippen LogP contribution is -2.60. The number of hydrogen-bond acceptors (Lipinski definition) is 3. The maximum absolute atomic E-state index is 13.5.